The van der Waals surface area contributed by atoms with Crippen LogP contribution in [0.1, 0.15) is 31.0 Å². The molecule has 0 amide bonds. The minimum atomic E-state index is 0.579. The average molecular weight is 271 g/mol. The lowest BCUT2D eigenvalue weighted by molar-refractivity contribution is 0.458. The summed E-state index contributed by atoms with van der Waals surface area (Å²) in [4.78, 5) is 0. The van der Waals surface area contributed by atoms with Crippen LogP contribution in [0.2, 0.25) is 0 Å². The summed E-state index contributed by atoms with van der Waals surface area (Å²) < 4.78 is 1.97. The van der Waals surface area contributed by atoms with Gasteiger partial charge in [-0.1, -0.05) is 37.3 Å². The van der Waals surface area contributed by atoms with E-state index in [1.165, 1.54) is 24.1 Å². The standard InChI is InChI=1S/C17H25N3/c1-3-18-16(10-9-15-7-5-4-6-8-15)11-12-17-13-14-19-20(17)2/h4-8,13-14,16,18H,3,9-12H2,1-2H3. The molecule has 2 rings (SSSR count). The van der Waals surface area contributed by atoms with Crippen LogP contribution < -0.4 is 5.32 Å². The minimum absolute atomic E-state index is 0.579. The number of aromatic nitrogens is 2. The molecule has 0 saturated carbocycles. The quantitative estimate of drug-likeness (QED) is 0.800. The molecular weight excluding hydrogens is 246 g/mol. The van der Waals surface area contributed by atoms with Gasteiger partial charge in [0.2, 0.25) is 0 Å². The van der Waals surface area contributed by atoms with Crippen LogP contribution in [-0.4, -0.2) is 22.4 Å². The molecule has 2 aromatic rings. The first-order valence-corrected chi connectivity index (χ1v) is 7.53. The Morgan fingerprint density at radius 3 is 2.50 bits per heavy atom. The van der Waals surface area contributed by atoms with Gasteiger partial charge in [-0.3, -0.25) is 4.68 Å². The van der Waals surface area contributed by atoms with Gasteiger partial charge in [-0.2, -0.15) is 5.10 Å². The van der Waals surface area contributed by atoms with E-state index in [0.717, 1.165) is 19.4 Å². The van der Waals surface area contributed by atoms with E-state index in [2.05, 4.69) is 53.7 Å². The molecule has 1 aromatic carbocycles. The smallest absolute Gasteiger partial charge is 0.0492 e. The number of hydrogen-bond acceptors (Lipinski definition) is 2. The molecular formula is C17H25N3. The highest BCUT2D eigenvalue weighted by atomic mass is 15.2. The predicted molar refractivity (Wildman–Crippen MR) is 83.8 cm³/mol. The van der Waals surface area contributed by atoms with Crippen molar-refractivity contribution < 1.29 is 0 Å². The molecule has 0 aliphatic rings. The van der Waals surface area contributed by atoms with Crippen LogP contribution in [0.25, 0.3) is 0 Å². The average Bonchev–Trinajstić information content (AvgIpc) is 2.88. The minimum Gasteiger partial charge on any atom is -0.314 e. The summed E-state index contributed by atoms with van der Waals surface area (Å²) in [7, 11) is 2.02. The first-order valence-electron chi connectivity index (χ1n) is 7.53. The van der Waals surface area contributed by atoms with Crippen LogP contribution in [-0.2, 0) is 19.9 Å². The van der Waals surface area contributed by atoms with Gasteiger partial charge in [-0.25, -0.2) is 0 Å². The van der Waals surface area contributed by atoms with E-state index in [1.54, 1.807) is 0 Å². The first kappa shape index (κ1) is 14.8. The Morgan fingerprint density at radius 2 is 1.85 bits per heavy atom. The predicted octanol–water partition coefficient (Wildman–Crippen LogP) is 2.96. The fourth-order valence-corrected chi connectivity index (χ4v) is 2.59. The van der Waals surface area contributed by atoms with Crippen molar-refractivity contribution in [2.45, 2.75) is 38.6 Å². The van der Waals surface area contributed by atoms with Gasteiger partial charge in [0.05, 0.1) is 0 Å². The summed E-state index contributed by atoms with van der Waals surface area (Å²) >= 11 is 0. The second-order valence-electron chi connectivity index (χ2n) is 5.26. The number of nitrogens with zero attached hydrogens (tertiary/aromatic N) is 2. The summed E-state index contributed by atoms with van der Waals surface area (Å²) in [6, 6.07) is 13.4. The van der Waals surface area contributed by atoms with Gasteiger partial charge in [0, 0.05) is 25.0 Å². The second-order valence-corrected chi connectivity index (χ2v) is 5.26. The van der Waals surface area contributed by atoms with Crippen molar-refractivity contribution >= 4 is 0 Å². The Morgan fingerprint density at radius 1 is 1.10 bits per heavy atom. The highest BCUT2D eigenvalue weighted by molar-refractivity contribution is 5.14. The molecule has 0 aliphatic heterocycles. The Balaban J connectivity index is 1.82. The molecule has 1 N–H and O–H groups in total. The SMILES string of the molecule is CCNC(CCc1ccccc1)CCc1ccnn1C. The molecule has 20 heavy (non-hydrogen) atoms. The molecule has 0 saturated heterocycles. The van der Waals surface area contributed by atoms with Crippen molar-refractivity contribution in [3.63, 3.8) is 0 Å². The highest BCUT2D eigenvalue weighted by Gasteiger charge is 2.09. The number of nitrogens with one attached hydrogen (secondary N) is 1. The van der Waals surface area contributed by atoms with Gasteiger partial charge >= 0.3 is 0 Å². The molecule has 3 heteroatoms. The molecule has 0 fully saturated rings. The maximum absolute atomic E-state index is 4.23. The fraction of sp³-hybridized carbons (Fsp3) is 0.471. The molecule has 0 bridgehead atoms. The molecule has 108 valence electrons. The van der Waals surface area contributed by atoms with E-state index < -0.39 is 0 Å². The van der Waals surface area contributed by atoms with Crippen molar-refractivity contribution in [2.75, 3.05) is 6.54 Å². The van der Waals surface area contributed by atoms with E-state index in [4.69, 9.17) is 0 Å². The summed E-state index contributed by atoms with van der Waals surface area (Å²) in [6.07, 6.45) is 6.46. The van der Waals surface area contributed by atoms with Crippen LogP contribution in [0, 0.1) is 0 Å². The number of benzene rings is 1. The van der Waals surface area contributed by atoms with Crippen molar-refractivity contribution in [3.8, 4) is 0 Å². The molecule has 1 heterocycles. The molecule has 3 nitrogen and oxygen atoms in total. The number of rotatable bonds is 8. The van der Waals surface area contributed by atoms with Crippen LogP contribution >= 0.6 is 0 Å². The monoisotopic (exact) mass is 271 g/mol. The van der Waals surface area contributed by atoms with Gasteiger partial charge in [0.1, 0.15) is 0 Å². The van der Waals surface area contributed by atoms with Crippen LogP contribution in [0.3, 0.4) is 0 Å². The van der Waals surface area contributed by atoms with E-state index in [-0.39, 0.29) is 0 Å². The van der Waals surface area contributed by atoms with Gasteiger partial charge < -0.3 is 5.32 Å². The third-order valence-electron chi connectivity index (χ3n) is 3.79. The lowest BCUT2D eigenvalue weighted by Gasteiger charge is -2.18. The lowest BCUT2D eigenvalue weighted by Crippen LogP contribution is -2.30. The molecule has 1 aromatic heterocycles. The normalized spacial score (nSPS) is 12.5. The third kappa shape index (κ3) is 4.49. The van der Waals surface area contributed by atoms with E-state index in [1.807, 2.05) is 17.9 Å². The maximum atomic E-state index is 4.23. The lowest BCUT2D eigenvalue weighted by atomic mass is 10.0. The van der Waals surface area contributed by atoms with Gasteiger partial charge in [-0.05, 0) is 43.9 Å². The second kappa shape index (κ2) is 7.85. The van der Waals surface area contributed by atoms with Crippen molar-refractivity contribution in [2.24, 2.45) is 7.05 Å². The fourth-order valence-electron chi connectivity index (χ4n) is 2.59. The largest absolute Gasteiger partial charge is 0.314 e. The van der Waals surface area contributed by atoms with E-state index >= 15 is 0 Å². The van der Waals surface area contributed by atoms with Gasteiger partial charge in [0.15, 0.2) is 0 Å². The van der Waals surface area contributed by atoms with Crippen LogP contribution in [0.4, 0.5) is 0 Å². The van der Waals surface area contributed by atoms with Crippen molar-refractivity contribution in [1.29, 1.82) is 0 Å². The number of aryl methyl sites for hydroxylation is 3. The third-order valence-corrected chi connectivity index (χ3v) is 3.79. The Bertz CT molecular complexity index is 490. The van der Waals surface area contributed by atoms with E-state index in [9.17, 15) is 0 Å². The molecule has 0 spiro atoms. The Hall–Kier alpha value is -1.61. The van der Waals surface area contributed by atoms with Crippen LogP contribution in [0.5, 0.6) is 0 Å². The zero-order valence-corrected chi connectivity index (χ0v) is 12.5. The first-order chi connectivity index (χ1) is 9.79. The maximum Gasteiger partial charge on any atom is 0.0492 e. The zero-order valence-electron chi connectivity index (χ0n) is 12.5. The summed E-state index contributed by atoms with van der Waals surface area (Å²) in [5.74, 6) is 0. The zero-order chi connectivity index (χ0) is 14.2. The Labute approximate surface area is 122 Å². The molecule has 0 aliphatic carbocycles. The van der Waals surface area contributed by atoms with Crippen molar-refractivity contribution in [3.05, 3.63) is 53.9 Å². The van der Waals surface area contributed by atoms with Gasteiger partial charge in [0.25, 0.3) is 0 Å². The highest BCUT2D eigenvalue weighted by Crippen LogP contribution is 2.10. The number of hydrogen-bond donors (Lipinski definition) is 1. The van der Waals surface area contributed by atoms with Crippen molar-refractivity contribution in [1.82, 2.24) is 15.1 Å². The summed E-state index contributed by atoms with van der Waals surface area (Å²) in [6.45, 7) is 3.21. The Kier molecular flexibility index (Phi) is 5.81. The summed E-state index contributed by atoms with van der Waals surface area (Å²) in [5, 5.41) is 7.84. The molecule has 1 unspecified atom stereocenters. The van der Waals surface area contributed by atoms with E-state index in [0.29, 0.717) is 6.04 Å². The van der Waals surface area contributed by atoms with Crippen LogP contribution in [0.15, 0.2) is 42.6 Å². The topological polar surface area (TPSA) is 29.9 Å². The molecule has 1 atom stereocenters. The van der Waals surface area contributed by atoms with Gasteiger partial charge in [-0.15, -0.1) is 0 Å². The summed E-state index contributed by atoms with van der Waals surface area (Å²) in [5.41, 5.74) is 2.74. The molecule has 0 radical (unpaired) electrons.